The molecule has 0 radical (unpaired) electrons. The van der Waals surface area contributed by atoms with Crippen LogP contribution in [0.2, 0.25) is 0 Å². The van der Waals surface area contributed by atoms with Crippen LogP contribution in [0.4, 0.5) is 18.9 Å². The Labute approximate surface area is 185 Å². The summed E-state index contributed by atoms with van der Waals surface area (Å²) >= 11 is 0. The molecule has 0 unspecified atom stereocenters. The van der Waals surface area contributed by atoms with E-state index in [0.717, 1.165) is 6.07 Å². The van der Waals surface area contributed by atoms with Gasteiger partial charge in [-0.1, -0.05) is 18.2 Å². The van der Waals surface area contributed by atoms with Gasteiger partial charge in [0.05, 0.1) is 29.7 Å². The number of rotatable bonds is 5. The molecule has 8 nitrogen and oxygen atoms in total. The van der Waals surface area contributed by atoms with Crippen LogP contribution in [0, 0.1) is 0 Å². The zero-order valence-electron chi connectivity index (χ0n) is 17.4. The number of nitrogens with zero attached hydrogens (tertiary/aromatic N) is 2. The Morgan fingerprint density at radius 1 is 1.09 bits per heavy atom. The topological polar surface area (TPSA) is 96.4 Å². The summed E-state index contributed by atoms with van der Waals surface area (Å²) in [6.45, 7) is 0.827. The number of para-hydroxylation sites is 1. The minimum Gasteiger partial charge on any atom is -0.378 e. The summed E-state index contributed by atoms with van der Waals surface area (Å²) in [6, 6.07) is 10.3. The molecule has 0 saturated carbocycles. The average molecular weight is 462 g/mol. The lowest BCUT2D eigenvalue weighted by Crippen LogP contribution is -2.40. The minimum absolute atomic E-state index is 0.118. The number of morpholine rings is 1. The largest absolute Gasteiger partial charge is 0.416 e. The van der Waals surface area contributed by atoms with Crippen LogP contribution < -0.4 is 21.5 Å². The van der Waals surface area contributed by atoms with Crippen LogP contribution in [0.25, 0.3) is 10.9 Å². The van der Waals surface area contributed by atoms with Crippen LogP contribution in [-0.4, -0.2) is 41.8 Å². The number of aromatic nitrogens is 2. The molecule has 0 spiro atoms. The molecule has 11 heteroatoms. The molecule has 0 atom stereocenters. The first kappa shape index (κ1) is 22.6. The number of hydrogen-bond acceptors (Lipinski definition) is 5. The molecule has 4 rings (SSSR count). The van der Waals surface area contributed by atoms with Crippen molar-refractivity contribution >= 4 is 22.5 Å². The molecule has 0 aliphatic carbocycles. The summed E-state index contributed by atoms with van der Waals surface area (Å²) in [4.78, 5) is 41.4. The Bertz CT molecular complexity index is 1290. The molecule has 1 aliphatic heterocycles. The number of carbonyl (C=O) groups excluding carboxylic acids is 1. The SMILES string of the molecule is O=C(Cn1c(=O)[nH]c2ccccc2c1=O)NCc1ccc(N2CCOCC2)cc1C(F)(F)F. The number of fused-ring (bicyclic) bond motifs is 1. The van der Waals surface area contributed by atoms with Crippen LogP contribution in [0.1, 0.15) is 11.1 Å². The molecular weight excluding hydrogens is 441 g/mol. The number of hydrogen-bond donors (Lipinski definition) is 2. The van der Waals surface area contributed by atoms with E-state index in [0.29, 0.717) is 42.1 Å². The van der Waals surface area contributed by atoms with Crippen molar-refractivity contribution in [2.45, 2.75) is 19.3 Å². The van der Waals surface area contributed by atoms with Crippen molar-refractivity contribution in [3.63, 3.8) is 0 Å². The highest BCUT2D eigenvalue weighted by Crippen LogP contribution is 2.35. The van der Waals surface area contributed by atoms with Crippen molar-refractivity contribution in [2.75, 3.05) is 31.2 Å². The lowest BCUT2D eigenvalue weighted by molar-refractivity contribution is -0.138. The second kappa shape index (κ2) is 9.10. The van der Waals surface area contributed by atoms with Gasteiger partial charge in [0.25, 0.3) is 5.56 Å². The fraction of sp³-hybridized carbons (Fsp3) is 0.318. The summed E-state index contributed by atoms with van der Waals surface area (Å²) in [5.41, 5.74) is -1.65. The molecule has 1 fully saturated rings. The van der Waals surface area contributed by atoms with Gasteiger partial charge in [0, 0.05) is 25.3 Å². The van der Waals surface area contributed by atoms with E-state index in [9.17, 15) is 27.6 Å². The molecule has 1 aromatic heterocycles. The summed E-state index contributed by atoms with van der Waals surface area (Å²) in [7, 11) is 0. The van der Waals surface area contributed by atoms with E-state index in [1.165, 1.54) is 12.1 Å². The van der Waals surface area contributed by atoms with Gasteiger partial charge < -0.3 is 19.9 Å². The Morgan fingerprint density at radius 2 is 1.82 bits per heavy atom. The third kappa shape index (κ3) is 4.92. The Kier molecular flexibility index (Phi) is 6.23. The van der Waals surface area contributed by atoms with Crippen LogP contribution in [0.15, 0.2) is 52.1 Å². The molecule has 174 valence electrons. The van der Waals surface area contributed by atoms with E-state index in [1.54, 1.807) is 29.2 Å². The maximum absolute atomic E-state index is 13.7. The van der Waals surface area contributed by atoms with Gasteiger partial charge in [0.15, 0.2) is 0 Å². The number of alkyl halides is 3. The van der Waals surface area contributed by atoms with Gasteiger partial charge in [-0.2, -0.15) is 13.2 Å². The van der Waals surface area contributed by atoms with E-state index in [1.807, 2.05) is 0 Å². The van der Waals surface area contributed by atoms with E-state index in [4.69, 9.17) is 4.74 Å². The van der Waals surface area contributed by atoms with Crippen molar-refractivity contribution in [2.24, 2.45) is 0 Å². The zero-order chi connectivity index (χ0) is 23.6. The molecule has 2 aromatic carbocycles. The lowest BCUT2D eigenvalue weighted by Gasteiger charge is -2.29. The average Bonchev–Trinajstić information content (AvgIpc) is 2.80. The first-order valence-corrected chi connectivity index (χ1v) is 10.3. The van der Waals surface area contributed by atoms with Crippen LogP contribution >= 0.6 is 0 Å². The van der Waals surface area contributed by atoms with Gasteiger partial charge in [-0.05, 0) is 29.8 Å². The highest BCUT2D eigenvalue weighted by molar-refractivity contribution is 5.78. The summed E-state index contributed by atoms with van der Waals surface area (Å²) in [5.74, 6) is -0.761. The maximum Gasteiger partial charge on any atom is 0.416 e. The molecule has 2 N–H and O–H groups in total. The van der Waals surface area contributed by atoms with Gasteiger partial charge in [-0.25, -0.2) is 4.79 Å². The number of benzene rings is 2. The predicted octanol–water partition coefficient (Wildman–Crippen LogP) is 1.86. The molecule has 2 heterocycles. The Balaban J connectivity index is 1.52. The summed E-state index contributed by atoms with van der Waals surface area (Å²) < 4.78 is 47.0. The zero-order valence-corrected chi connectivity index (χ0v) is 17.4. The quantitative estimate of drug-likeness (QED) is 0.604. The number of nitrogens with one attached hydrogen (secondary N) is 2. The Morgan fingerprint density at radius 3 is 2.55 bits per heavy atom. The molecule has 33 heavy (non-hydrogen) atoms. The molecule has 1 amide bonds. The second-order valence-electron chi connectivity index (χ2n) is 7.58. The van der Waals surface area contributed by atoms with Crippen molar-refractivity contribution < 1.29 is 22.7 Å². The molecular formula is C22H21F3N4O4. The molecule has 1 saturated heterocycles. The molecule has 1 aliphatic rings. The number of amides is 1. The lowest BCUT2D eigenvalue weighted by atomic mass is 10.0. The molecule has 0 bridgehead atoms. The van der Waals surface area contributed by atoms with Gasteiger partial charge in [-0.15, -0.1) is 0 Å². The van der Waals surface area contributed by atoms with Gasteiger partial charge in [-0.3, -0.25) is 14.2 Å². The van der Waals surface area contributed by atoms with Crippen LogP contribution in [0.5, 0.6) is 0 Å². The number of H-pyrrole nitrogens is 1. The fourth-order valence-corrected chi connectivity index (χ4v) is 3.74. The van der Waals surface area contributed by atoms with Gasteiger partial charge in [0.1, 0.15) is 6.54 Å². The van der Waals surface area contributed by atoms with E-state index >= 15 is 0 Å². The normalized spacial score (nSPS) is 14.5. The van der Waals surface area contributed by atoms with Crippen molar-refractivity contribution in [1.82, 2.24) is 14.9 Å². The first-order chi connectivity index (χ1) is 15.7. The number of anilines is 1. The van der Waals surface area contributed by atoms with Crippen LogP contribution in [0.3, 0.4) is 0 Å². The van der Waals surface area contributed by atoms with E-state index < -0.39 is 42.0 Å². The van der Waals surface area contributed by atoms with Crippen molar-refractivity contribution in [1.29, 1.82) is 0 Å². The van der Waals surface area contributed by atoms with E-state index in [2.05, 4.69) is 10.3 Å². The maximum atomic E-state index is 13.7. The molecule has 3 aromatic rings. The second-order valence-corrected chi connectivity index (χ2v) is 7.58. The standard InChI is InChI=1S/C22H21F3N4O4/c23-22(24,25)17-11-15(28-7-9-33-10-8-28)6-5-14(17)12-26-19(30)13-29-20(31)16-3-1-2-4-18(16)27-21(29)32/h1-6,11H,7-10,12-13H2,(H,26,30)(H,27,32). The Hall–Kier alpha value is -3.60. The fourth-order valence-electron chi connectivity index (χ4n) is 3.74. The number of ether oxygens (including phenoxy) is 1. The van der Waals surface area contributed by atoms with Gasteiger partial charge in [0.2, 0.25) is 5.91 Å². The summed E-state index contributed by atoms with van der Waals surface area (Å²) in [5, 5.41) is 2.60. The van der Waals surface area contributed by atoms with Crippen molar-refractivity contribution in [3.8, 4) is 0 Å². The van der Waals surface area contributed by atoms with Crippen LogP contribution in [-0.2, 0) is 28.8 Å². The predicted molar refractivity (Wildman–Crippen MR) is 115 cm³/mol. The highest BCUT2D eigenvalue weighted by atomic mass is 19.4. The van der Waals surface area contributed by atoms with Gasteiger partial charge >= 0.3 is 11.9 Å². The van der Waals surface area contributed by atoms with E-state index in [-0.39, 0.29) is 10.9 Å². The summed E-state index contributed by atoms with van der Waals surface area (Å²) in [6.07, 6.45) is -4.62. The first-order valence-electron chi connectivity index (χ1n) is 10.3. The minimum atomic E-state index is -4.62. The van der Waals surface area contributed by atoms with Crippen molar-refractivity contribution in [3.05, 3.63) is 74.4 Å². The number of aromatic amines is 1. The third-order valence-electron chi connectivity index (χ3n) is 5.44. The number of halogens is 3. The monoisotopic (exact) mass is 462 g/mol. The number of carbonyl (C=O) groups is 1. The smallest absolute Gasteiger partial charge is 0.378 e. The third-order valence-corrected chi connectivity index (χ3v) is 5.44. The highest BCUT2D eigenvalue weighted by Gasteiger charge is 2.34.